The summed E-state index contributed by atoms with van der Waals surface area (Å²) in [7, 11) is 0. The maximum Gasteiger partial charge on any atom is 0.264 e. The fourth-order valence-electron chi connectivity index (χ4n) is 2.15. The van der Waals surface area contributed by atoms with Crippen molar-refractivity contribution in [3.05, 3.63) is 35.0 Å². The molecule has 22 heavy (non-hydrogen) atoms. The Hall–Kier alpha value is -2.19. The van der Waals surface area contributed by atoms with Crippen molar-refractivity contribution in [3.8, 4) is 23.0 Å². The molecule has 0 saturated carbocycles. The summed E-state index contributed by atoms with van der Waals surface area (Å²) in [4.78, 5) is 21.9. The summed E-state index contributed by atoms with van der Waals surface area (Å²) in [6.07, 6.45) is 8.70. The predicted octanol–water partition coefficient (Wildman–Crippen LogP) is 3.44. The van der Waals surface area contributed by atoms with Crippen LogP contribution in [0, 0.1) is 19.3 Å². The highest BCUT2D eigenvalue weighted by atomic mass is 32.1. The van der Waals surface area contributed by atoms with E-state index in [1.54, 1.807) is 6.20 Å². The quantitative estimate of drug-likeness (QED) is 0.860. The molecule has 0 aromatic carbocycles. The highest BCUT2D eigenvalue weighted by Crippen LogP contribution is 2.27. The van der Waals surface area contributed by atoms with Crippen LogP contribution in [-0.4, -0.2) is 21.4 Å². The lowest BCUT2D eigenvalue weighted by Crippen LogP contribution is -2.46. The second-order valence-electron chi connectivity index (χ2n) is 5.04. The molecule has 0 aliphatic carbocycles. The molecule has 0 aliphatic heterocycles. The number of aryl methyl sites for hydroxylation is 1. The minimum atomic E-state index is -0.599. The van der Waals surface area contributed by atoms with E-state index in [9.17, 15) is 4.79 Å². The van der Waals surface area contributed by atoms with E-state index in [0.717, 1.165) is 10.7 Å². The van der Waals surface area contributed by atoms with Crippen molar-refractivity contribution >= 4 is 17.2 Å². The van der Waals surface area contributed by atoms with Crippen LogP contribution in [0.2, 0.25) is 0 Å². The molecular formula is C17H19N3OS. The molecule has 0 unspecified atom stereocenters. The Morgan fingerprint density at radius 2 is 2.14 bits per heavy atom. The van der Waals surface area contributed by atoms with Gasteiger partial charge in [0.25, 0.3) is 5.91 Å². The first-order valence-electron chi connectivity index (χ1n) is 7.24. The number of nitrogens with one attached hydrogen (secondary N) is 1. The number of hydrogen-bond acceptors (Lipinski definition) is 4. The van der Waals surface area contributed by atoms with Crippen molar-refractivity contribution in [1.29, 1.82) is 0 Å². The van der Waals surface area contributed by atoms with Crippen molar-refractivity contribution < 1.29 is 4.79 Å². The molecule has 0 aliphatic rings. The molecule has 2 aromatic heterocycles. The van der Waals surface area contributed by atoms with E-state index in [4.69, 9.17) is 6.42 Å². The van der Waals surface area contributed by atoms with Crippen LogP contribution in [0.15, 0.2) is 24.4 Å². The lowest BCUT2D eigenvalue weighted by Gasteiger charge is -2.26. The average molecular weight is 313 g/mol. The van der Waals surface area contributed by atoms with Crippen LogP contribution in [0.1, 0.15) is 42.1 Å². The summed E-state index contributed by atoms with van der Waals surface area (Å²) < 4.78 is 0. The minimum absolute atomic E-state index is 0.168. The molecular weight excluding hydrogens is 294 g/mol. The van der Waals surface area contributed by atoms with Crippen LogP contribution in [0.3, 0.4) is 0 Å². The third-order valence-corrected chi connectivity index (χ3v) is 4.90. The topological polar surface area (TPSA) is 54.9 Å². The number of hydrogen-bond donors (Lipinski definition) is 1. The summed E-state index contributed by atoms with van der Waals surface area (Å²) in [5, 5.41) is 3.71. The molecule has 0 saturated heterocycles. The van der Waals surface area contributed by atoms with Crippen molar-refractivity contribution in [2.45, 2.75) is 39.2 Å². The van der Waals surface area contributed by atoms with E-state index in [2.05, 4.69) is 21.2 Å². The van der Waals surface area contributed by atoms with Gasteiger partial charge >= 0.3 is 0 Å². The van der Waals surface area contributed by atoms with Gasteiger partial charge in [0.2, 0.25) is 0 Å². The summed E-state index contributed by atoms with van der Waals surface area (Å²) in [5.74, 6) is 2.55. The summed E-state index contributed by atoms with van der Waals surface area (Å²) >= 11 is 1.34. The van der Waals surface area contributed by atoms with Crippen LogP contribution in [0.25, 0.3) is 10.7 Å². The zero-order valence-electron chi connectivity index (χ0n) is 13.0. The van der Waals surface area contributed by atoms with Gasteiger partial charge in [-0.15, -0.1) is 17.8 Å². The Labute approximate surface area is 135 Å². The summed E-state index contributed by atoms with van der Waals surface area (Å²) in [6.45, 7) is 5.78. The number of nitrogens with zero attached hydrogens (tertiary/aromatic N) is 2. The molecule has 0 atom stereocenters. The predicted molar refractivity (Wildman–Crippen MR) is 89.7 cm³/mol. The first-order chi connectivity index (χ1) is 10.5. The number of carbonyl (C=O) groups excluding carboxylic acids is 1. The standard InChI is InChI=1S/C17H19N3OS/c1-5-17(6-2,7-3)20-15(21)14-12(4)19-16(22-14)13-10-8-9-11-18-13/h1,8-11H,6-7H2,2-4H3,(H,20,21). The smallest absolute Gasteiger partial charge is 0.264 e. The molecule has 2 rings (SSSR count). The monoisotopic (exact) mass is 313 g/mol. The maximum atomic E-state index is 12.5. The zero-order valence-corrected chi connectivity index (χ0v) is 13.8. The van der Waals surface area contributed by atoms with Crippen LogP contribution in [0.5, 0.6) is 0 Å². The number of rotatable bonds is 5. The zero-order chi connectivity index (χ0) is 16.2. The second-order valence-corrected chi connectivity index (χ2v) is 6.04. The molecule has 0 radical (unpaired) electrons. The third-order valence-electron chi connectivity index (χ3n) is 3.72. The Morgan fingerprint density at radius 1 is 1.41 bits per heavy atom. The molecule has 2 heterocycles. The SMILES string of the molecule is C#CC(CC)(CC)NC(=O)c1sc(-c2ccccn2)nc1C. The van der Waals surface area contributed by atoms with E-state index < -0.39 is 5.54 Å². The van der Waals surface area contributed by atoms with E-state index in [1.807, 2.05) is 39.0 Å². The normalized spacial score (nSPS) is 11.0. The number of carbonyl (C=O) groups is 1. The Kier molecular flexibility index (Phi) is 4.94. The molecule has 0 bridgehead atoms. The van der Waals surface area contributed by atoms with Gasteiger partial charge in [-0.05, 0) is 31.9 Å². The van der Waals surface area contributed by atoms with Gasteiger partial charge in [-0.3, -0.25) is 9.78 Å². The fourth-order valence-corrected chi connectivity index (χ4v) is 3.09. The second kappa shape index (κ2) is 6.71. The van der Waals surface area contributed by atoms with Gasteiger partial charge in [0.15, 0.2) is 0 Å². The van der Waals surface area contributed by atoms with Crippen LogP contribution in [-0.2, 0) is 0 Å². The number of thiazole rings is 1. The van der Waals surface area contributed by atoms with E-state index in [-0.39, 0.29) is 5.91 Å². The number of pyridine rings is 1. The van der Waals surface area contributed by atoms with E-state index in [1.165, 1.54) is 11.3 Å². The largest absolute Gasteiger partial charge is 0.335 e. The van der Waals surface area contributed by atoms with Crippen molar-refractivity contribution in [2.24, 2.45) is 0 Å². The van der Waals surface area contributed by atoms with Gasteiger partial charge in [0, 0.05) is 6.20 Å². The first kappa shape index (κ1) is 16.2. The highest BCUT2D eigenvalue weighted by molar-refractivity contribution is 7.17. The Morgan fingerprint density at radius 3 is 2.68 bits per heavy atom. The summed E-state index contributed by atoms with van der Waals surface area (Å²) in [5.41, 5.74) is 0.865. The number of amides is 1. The molecule has 1 N–H and O–H groups in total. The van der Waals surface area contributed by atoms with Crippen molar-refractivity contribution in [3.63, 3.8) is 0 Å². The molecule has 0 spiro atoms. The molecule has 4 nitrogen and oxygen atoms in total. The Balaban J connectivity index is 2.29. The van der Waals surface area contributed by atoms with E-state index in [0.29, 0.717) is 23.4 Å². The van der Waals surface area contributed by atoms with Crippen molar-refractivity contribution in [2.75, 3.05) is 0 Å². The van der Waals surface area contributed by atoms with Gasteiger partial charge in [-0.25, -0.2) is 4.98 Å². The van der Waals surface area contributed by atoms with Gasteiger partial charge in [-0.2, -0.15) is 0 Å². The molecule has 114 valence electrons. The summed E-state index contributed by atoms with van der Waals surface area (Å²) in [6, 6.07) is 5.63. The number of terminal acetylenes is 1. The van der Waals surface area contributed by atoms with Crippen LogP contribution in [0.4, 0.5) is 0 Å². The minimum Gasteiger partial charge on any atom is -0.335 e. The lowest BCUT2D eigenvalue weighted by atomic mass is 9.94. The molecule has 2 aromatic rings. The highest BCUT2D eigenvalue weighted by Gasteiger charge is 2.28. The van der Waals surface area contributed by atoms with Gasteiger partial charge in [0.1, 0.15) is 15.4 Å². The van der Waals surface area contributed by atoms with Gasteiger partial charge in [-0.1, -0.05) is 25.8 Å². The van der Waals surface area contributed by atoms with Crippen LogP contribution >= 0.6 is 11.3 Å². The van der Waals surface area contributed by atoms with Crippen molar-refractivity contribution in [1.82, 2.24) is 15.3 Å². The number of aromatic nitrogens is 2. The third kappa shape index (κ3) is 3.18. The van der Waals surface area contributed by atoms with E-state index >= 15 is 0 Å². The van der Waals surface area contributed by atoms with Gasteiger partial charge < -0.3 is 5.32 Å². The first-order valence-corrected chi connectivity index (χ1v) is 8.06. The molecule has 1 amide bonds. The van der Waals surface area contributed by atoms with Crippen LogP contribution < -0.4 is 5.32 Å². The molecule has 5 heteroatoms. The molecule has 0 fully saturated rings. The Bertz CT molecular complexity index is 696. The maximum absolute atomic E-state index is 12.5. The fraction of sp³-hybridized carbons (Fsp3) is 0.353. The average Bonchev–Trinajstić information content (AvgIpc) is 2.95. The van der Waals surface area contributed by atoms with Gasteiger partial charge in [0.05, 0.1) is 11.4 Å². The lowest BCUT2D eigenvalue weighted by molar-refractivity contribution is 0.0920.